The van der Waals surface area contributed by atoms with Crippen LogP contribution in [0.1, 0.15) is 78.4 Å². The summed E-state index contributed by atoms with van der Waals surface area (Å²) in [6, 6.07) is 6.06. The fourth-order valence-electron chi connectivity index (χ4n) is 3.75. The van der Waals surface area contributed by atoms with Crippen molar-refractivity contribution in [3.8, 4) is 5.75 Å². The Balaban J connectivity index is 1.82. The summed E-state index contributed by atoms with van der Waals surface area (Å²) < 4.78 is 11.3. The van der Waals surface area contributed by atoms with Crippen molar-refractivity contribution in [2.75, 3.05) is 11.9 Å². The van der Waals surface area contributed by atoms with Crippen LogP contribution in [0.3, 0.4) is 0 Å². The van der Waals surface area contributed by atoms with Crippen LogP contribution in [0.15, 0.2) is 18.2 Å². The molecule has 162 valence electrons. The van der Waals surface area contributed by atoms with E-state index in [2.05, 4.69) is 25.2 Å². The molecule has 30 heavy (non-hydrogen) atoms. The quantitative estimate of drug-likeness (QED) is 0.578. The van der Waals surface area contributed by atoms with Crippen molar-refractivity contribution in [2.45, 2.75) is 72.3 Å². The van der Waals surface area contributed by atoms with Gasteiger partial charge in [-0.3, -0.25) is 4.79 Å². The number of fused-ring (bicyclic) bond motifs is 1. The second kappa shape index (κ2) is 9.65. The zero-order chi connectivity index (χ0) is 21.8. The van der Waals surface area contributed by atoms with Crippen molar-refractivity contribution in [3.05, 3.63) is 45.3 Å². The molecule has 3 rings (SSSR count). The lowest BCUT2D eigenvalue weighted by Crippen LogP contribution is -2.30. The SMILES string of the molecule is CCOC(=O)c1c(NC(=O)[C@H](C)Oc2cc(C)ccc2C(C)C)sc2c1CCCC2. The lowest BCUT2D eigenvalue weighted by molar-refractivity contribution is -0.122. The molecule has 1 amide bonds. The van der Waals surface area contributed by atoms with E-state index >= 15 is 0 Å². The third-order valence-corrected chi connectivity index (χ3v) is 6.56. The predicted octanol–water partition coefficient (Wildman–Crippen LogP) is 5.64. The van der Waals surface area contributed by atoms with E-state index < -0.39 is 6.10 Å². The van der Waals surface area contributed by atoms with Gasteiger partial charge in [0.1, 0.15) is 10.8 Å². The van der Waals surface area contributed by atoms with Crippen molar-refractivity contribution in [2.24, 2.45) is 0 Å². The van der Waals surface area contributed by atoms with Crippen LogP contribution in [0, 0.1) is 6.92 Å². The average Bonchev–Trinajstić information content (AvgIpc) is 3.05. The minimum absolute atomic E-state index is 0.268. The third kappa shape index (κ3) is 4.86. The summed E-state index contributed by atoms with van der Waals surface area (Å²) >= 11 is 1.49. The summed E-state index contributed by atoms with van der Waals surface area (Å²) in [5.41, 5.74) is 3.71. The smallest absolute Gasteiger partial charge is 0.341 e. The number of carbonyl (C=O) groups excluding carboxylic acids is 2. The Labute approximate surface area is 182 Å². The number of anilines is 1. The average molecular weight is 430 g/mol. The number of aryl methyl sites for hydroxylation is 2. The highest BCUT2D eigenvalue weighted by atomic mass is 32.1. The first kappa shape index (κ1) is 22.3. The lowest BCUT2D eigenvalue weighted by atomic mass is 9.95. The van der Waals surface area contributed by atoms with Crippen LogP contribution in [-0.4, -0.2) is 24.6 Å². The summed E-state index contributed by atoms with van der Waals surface area (Å²) in [4.78, 5) is 26.7. The van der Waals surface area contributed by atoms with Crippen LogP contribution in [0.5, 0.6) is 5.75 Å². The van der Waals surface area contributed by atoms with Crippen LogP contribution in [0.4, 0.5) is 5.00 Å². The number of ether oxygens (including phenoxy) is 2. The fraction of sp³-hybridized carbons (Fsp3) is 0.500. The monoisotopic (exact) mass is 429 g/mol. The number of hydrogen-bond donors (Lipinski definition) is 1. The Bertz CT molecular complexity index is 932. The van der Waals surface area contributed by atoms with Gasteiger partial charge in [0.2, 0.25) is 0 Å². The van der Waals surface area contributed by atoms with E-state index in [4.69, 9.17) is 9.47 Å². The van der Waals surface area contributed by atoms with Crippen molar-refractivity contribution in [1.82, 2.24) is 0 Å². The number of benzene rings is 1. The van der Waals surface area contributed by atoms with Gasteiger partial charge >= 0.3 is 5.97 Å². The van der Waals surface area contributed by atoms with Gasteiger partial charge < -0.3 is 14.8 Å². The zero-order valence-electron chi connectivity index (χ0n) is 18.5. The molecular weight excluding hydrogens is 398 g/mol. The molecule has 0 bridgehead atoms. The number of esters is 1. The van der Waals surface area contributed by atoms with Gasteiger partial charge in [0.15, 0.2) is 6.10 Å². The molecule has 1 N–H and O–H groups in total. The van der Waals surface area contributed by atoms with Gasteiger partial charge in [0.25, 0.3) is 5.91 Å². The summed E-state index contributed by atoms with van der Waals surface area (Å²) in [7, 11) is 0. The molecule has 0 spiro atoms. The van der Waals surface area contributed by atoms with E-state index in [0.717, 1.165) is 48.1 Å². The van der Waals surface area contributed by atoms with Gasteiger partial charge in [-0.25, -0.2) is 4.79 Å². The van der Waals surface area contributed by atoms with Gasteiger partial charge in [-0.15, -0.1) is 11.3 Å². The highest BCUT2D eigenvalue weighted by Gasteiger charge is 2.28. The zero-order valence-corrected chi connectivity index (χ0v) is 19.3. The normalized spacial score (nSPS) is 14.2. The highest BCUT2D eigenvalue weighted by Crippen LogP contribution is 2.39. The van der Waals surface area contributed by atoms with Crippen molar-refractivity contribution in [3.63, 3.8) is 0 Å². The molecule has 1 aliphatic carbocycles. The Hall–Kier alpha value is -2.34. The van der Waals surface area contributed by atoms with Crippen LogP contribution >= 0.6 is 11.3 Å². The largest absolute Gasteiger partial charge is 0.481 e. The van der Waals surface area contributed by atoms with Gasteiger partial charge in [-0.1, -0.05) is 26.0 Å². The molecule has 1 aromatic carbocycles. The van der Waals surface area contributed by atoms with Crippen LogP contribution in [-0.2, 0) is 22.4 Å². The number of thiophene rings is 1. The minimum Gasteiger partial charge on any atom is -0.481 e. The van der Waals surface area contributed by atoms with E-state index in [0.29, 0.717) is 17.2 Å². The maximum Gasteiger partial charge on any atom is 0.341 e. The maximum atomic E-state index is 12.9. The van der Waals surface area contributed by atoms with Gasteiger partial charge in [-0.2, -0.15) is 0 Å². The third-order valence-electron chi connectivity index (χ3n) is 5.35. The predicted molar refractivity (Wildman–Crippen MR) is 121 cm³/mol. The van der Waals surface area contributed by atoms with Gasteiger partial charge in [-0.05, 0) is 75.1 Å². The van der Waals surface area contributed by atoms with E-state index in [-0.39, 0.29) is 17.8 Å². The molecule has 1 aromatic heterocycles. The van der Waals surface area contributed by atoms with Crippen LogP contribution in [0.2, 0.25) is 0 Å². The number of nitrogens with one attached hydrogen (secondary N) is 1. The molecule has 1 heterocycles. The highest BCUT2D eigenvalue weighted by molar-refractivity contribution is 7.17. The summed E-state index contributed by atoms with van der Waals surface area (Å²) in [6.07, 6.45) is 3.25. The molecule has 0 saturated carbocycles. The first-order valence-corrected chi connectivity index (χ1v) is 11.5. The van der Waals surface area contributed by atoms with Gasteiger partial charge in [0, 0.05) is 4.88 Å². The van der Waals surface area contributed by atoms with Crippen molar-refractivity contribution >= 4 is 28.2 Å². The fourth-order valence-corrected chi connectivity index (χ4v) is 5.03. The summed E-state index contributed by atoms with van der Waals surface area (Å²) in [5.74, 6) is 0.385. The van der Waals surface area contributed by atoms with E-state index in [9.17, 15) is 9.59 Å². The standard InChI is InChI=1S/C24H31NO4S/c1-6-28-24(27)21-18-9-7-8-10-20(18)30-23(21)25-22(26)16(5)29-19-13-15(4)11-12-17(19)14(2)3/h11-14,16H,6-10H2,1-5H3,(H,25,26)/t16-/m0/s1. The molecular formula is C24H31NO4S. The first-order valence-electron chi connectivity index (χ1n) is 10.7. The van der Waals surface area contributed by atoms with E-state index in [1.54, 1.807) is 13.8 Å². The minimum atomic E-state index is -0.696. The molecule has 0 unspecified atom stereocenters. The Kier molecular flexibility index (Phi) is 7.19. The number of amides is 1. The summed E-state index contributed by atoms with van der Waals surface area (Å²) in [5, 5.41) is 3.52. The van der Waals surface area contributed by atoms with E-state index in [1.807, 2.05) is 19.1 Å². The molecule has 2 aromatic rings. The van der Waals surface area contributed by atoms with Crippen molar-refractivity contribution in [1.29, 1.82) is 0 Å². The molecule has 6 heteroatoms. The first-order chi connectivity index (χ1) is 14.3. The number of hydrogen-bond acceptors (Lipinski definition) is 5. The van der Waals surface area contributed by atoms with Gasteiger partial charge in [0.05, 0.1) is 12.2 Å². The molecule has 0 radical (unpaired) electrons. The molecule has 5 nitrogen and oxygen atoms in total. The lowest BCUT2D eigenvalue weighted by Gasteiger charge is -2.19. The van der Waals surface area contributed by atoms with Crippen molar-refractivity contribution < 1.29 is 19.1 Å². The number of rotatable bonds is 7. The Morgan fingerprint density at radius 2 is 1.90 bits per heavy atom. The molecule has 0 saturated heterocycles. The second-order valence-electron chi connectivity index (χ2n) is 8.08. The van der Waals surface area contributed by atoms with E-state index in [1.165, 1.54) is 16.2 Å². The molecule has 0 fully saturated rings. The van der Waals surface area contributed by atoms with Crippen LogP contribution in [0.25, 0.3) is 0 Å². The Morgan fingerprint density at radius 1 is 1.17 bits per heavy atom. The van der Waals surface area contributed by atoms with Crippen LogP contribution < -0.4 is 10.1 Å². The molecule has 1 aliphatic rings. The molecule has 1 atom stereocenters. The second-order valence-corrected chi connectivity index (χ2v) is 9.19. The Morgan fingerprint density at radius 3 is 2.60 bits per heavy atom. The number of carbonyl (C=O) groups is 2. The maximum absolute atomic E-state index is 12.9. The summed E-state index contributed by atoms with van der Waals surface area (Å²) in [6.45, 7) is 10.0. The topological polar surface area (TPSA) is 64.6 Å². The molecule has 0 aliphatic heterocycles.